The third-order valence-corrected chi connectivity index (χ3v) is 2.73. The lowest BCUT2D eigenvalue weighted by atomic mass is 10.2. The highest BCUT2D eigenvalue weighted by Gasteiger charge is 2.10. The highest BCUT2D eigenvalue weighted by atomic mass is 19.1. The van der Waals surface area contributed by atoms with Crippen molar-refractivity contribution in [3.05, 3.63) is 53.1 Å². The van der Waals surface area contributed by atoms with Crippen LogP contribution >= 0.6 is 0 Å². The largest absolute Gasteiger partial charge is 0.294 e. The molecule has 0 saturated carbocycles. The van der Waals surface area contributed by atoms with Crippen LogP contribution in [-0.2, 0) is 6.54 Å². The van der Waals surface area contributed by atoms with Crippen LogP contribution in [0.15, 0.2) is 30.5 Å². The Labute approximate surface area is 98.9 Å². The van der Waals surface area contributed by atoms with Crippen LogP contribution in [0.2, 0.25) is 0 Å². The first-order chi connectivity index (χ1) is 8.08. The van der Waals surface area contributed by atoms with Crippen molar-refractivity contribution in [2.24, 2.45) is 0 Å². The van der Waals surface area contributed by atoms with E-state index < -0.39 is 0 Å². The molecule has 0 aliphatic rings. The first-order valence-corrected chi connectivity index (χ1v) is 5.35. The van der Waals surface area contributed by atoms with Gasteiger partial charge in [-0.2, -0.15) is 5.10 Å². The van der Waals surface area contributed by atoms with E-state index in [-0.39, 0.29) is 11.6 Å². The van der Waals surface area contributed by atoms with Crippen LogP contribution in [0.1, 0.15) is 28.5 Å². The second kappa shape index (κ2) is 4.49. The number of hydrogen-bond acceptors (Lipinski definition) is 2. The molecule has 2 aromatic rings. The van der Waals surface area contributed by atoms with Crippen LogP contribution in [0.4, 0.5) is 4.39 Å². The Morgan fingerprint density at radius 3 is 2.53 bits per heavy atom. The zero-order valence-electron chi connectivity index (χ0n) is 9.77. The molecule has 4 heteroatoms. The predicted octanol–water partition coefficient (Wildman–Crippen LogP) is 2.58. The Hall–Kier alpha value is -1.97. The van der Waals surface area contributed by atoms with Gasteiger partial charge in [0.25, 0.3) is 0 Å². The number of rotatable bonds is 3. The molecule has 0 bridgehead atoms. The van der Waals surface area contributed by atoms with Crippen LogP contribution in [0, 0.1) is 12.7 Å². The van der Waals surface area contributed by atoms with E-state index in [4.69, 9.17) is 0 Å². The molecule has 0 aliphatic carbocycles. The van der Waals surface area contributed by atoms with Gasteiger partial charge in [0, 0.05) is 5.69 Å². The number of aromatic nitrogens is 2. The van der Waals surface area contributed by atoms with Crippen molar-refractivity contribution in [1.29, 1.82) is 0 Å². The molecule has 17 heavy (non-hydrogen) atoms. The highest BCUT2D eigenvalue weighted by molar-refractivity contribution is 5.94. The fraction of sp³-hybridized carbons (Fsp3) is 0.231. The van der Waals surface area contributed by atoms with E-state index in [1.807, 2.05) is 6.92 Å². The molecule has 3 nitrogen and oxygen atoms in total. The SMILES string of the molecule is CC(=O)c1cnn(Cc2ccc(F)cc2)c1C. The molecule has 2 rings (SSSR count). The van der Waals surface area contributed by atoms with Crippen LogP contribution < -0.4 is 0 Å². The minimum Gasteiger partial charge on any atom is -0.294 e. The molecule has 0 fully saturated rings. The van der Waals surface area contributed by atoms with E-state index in [0.29, 0.717) is 12.1 Å². The molecule has 0 atom stereocenters. The maximum atomic E-state index is 12.7. The third kappa shape index (κ3) is 2.41. The van der Waals surface area contributed by atoms with Gasteiger partial charge in [-0.3, -0.25) is 9.48 Å². The summed E-state index contributed by atoms with van der Waals surface area (Å²) in [6, 6.07) is 6.26. The molecule has 0 radical (unpaired) electrons. The minimum atomic E-state index is -0.254. The van der Waals surface area contributed by atoms with Crippen molar-refractivity contribution in [2.75, 3.05) is 0 Å². The minimum absolute atomic E-state index is 0.00727. The Bertz CT molecular complexity index is 543. The zero-order valence-corrected chi connectivity index (χ0v) is 9.77. The molecule has 0 amide bonds. The lowest BCUT2D eigenvalue weighted by Gasteiger charge is -2.05. The van der Waals surface area contributed by atoms with Crippen LogP contribution in [0.3, 0.4) is 0 Å². The molecular weight excluding hydrogens is 219 g/mol. The topological polar surface area (TPSA) is 34.9 Å². The van der Waals surface area contributed by atoms with Gasteiger partial charge in [0.1, 0.15) is 5.82 Å². The maximum absolute atomic E-state index is 12.7. The number of Topliss-reactive ketones (excluding diaryl/α,β-unsaturated/α-hetero) is 1. The number of carbonyl (C=O) groups is 1. The first-order valence-electron chi connectivity index (χ1n) is 5.35. The normalized spacial score (nSPS) is 10.5. The quantitative estimate of drug-likeness (QED) is 0.762. The van der Waals surface area contributed by atoms with E-state index in [0.717, 1.165) is 11.3 Å². The van der Waals surface area contributed by atoms with Gasteiger partial charge in [-0.05, 0) is 31.5 Å². The molecule has 1 aromatic carbocycles. The van der Waals surface area contributed by atoms with Crippen molar-refractivity contribution in [3.8, 4) is 0 Å². The first kappa shape index (κ1) is 11.5. The van der Waals surface area contributed by atoms with Gasteiger partial charge in [0.15, 0.2) is 5.78 Å². The van der Waals surface area contributed by atoms with E-state index >= 15 is 0 Å². The summed E-state index contributed by atoms with van der Waals surface area (Å²) in [6.07, 6.45) is 1.57. The fourth-order valence-electron chi connectivity index (χ4n) is 1.71. The fourth-order valence-corrected chi connectivity index (χ4v) is 1.71. The monoisotopic (exact) mass is 232 g/mol. The molecule has 0 spiro atoms. The standard InChI is InChI=1S/C13H13FN2O/c1-9-13(10(2)17)7-15-16(9)8-11-3-5-12(14)6-4-11/h3-7H,8H2,1-2H3. The summed E-state index contributed by atoms with van der Waals surface area (Å²) in [7, 11) is 0. The highest BCUT2D eigenvalue weighted by Crippen LogP contribution is 2.11. The van der Waals surface area contributed by atoms with Gasteiger partial charge in [-0.15, -0.1) is 0 Å². The second-order valence-corrected chi connectivity index (χ2v) is 3.98. The Balaban J connectivity index is 2.24. The van der Waals surface area contributed by atoms with Crippen molar-refractivity contribution < 1.29 is 9.18 Å². The molecular formula is C13H13FN2O. The summed E-state index contributed by atoms with van der Waals surface area (Å²) in [5.41, 5.74) is 2.42. The molecule has 0 aliphatic heterocycles. The molecule has 1 heterocycles. The van der Waals surface area contributed by atoms with E-state index in [9.17, 15) is 9.18 Å². The number of halogens is 1. The average Bonchev–Trinajstić information content (AvgIpc) is 2.64. The van der Waals surface area contributed by atoms with Crippen LogP contribution in [-0.4, -0.2) is 15.6 Å². The lowest BCUT2D eigenvalue weighted by molar-refractivity contribution is 0.101. The second-order valence-electron chi connectivity index (χ2n) is 3.98. The molecule has 0 unspecified atom stereocenters. The predicted molar refractivity (Wildman–Crippen MR) is 62.5 cm³/mol. The average molecular weight is 232 g/mol. The number of nitrogens with zero attached hydrogens (tertiary/aromatic N) is 2. The lowest BCUT2D eigenvalue weighted by Crippen LogP contribution is -2.05. The number of carbonyl (C=O) groups excluding carboxylic acids is 1. The summed E-state index contributed by atoms with van der Waals surface area (Å²) in [6.45, 7) is 3.92. The number of ketones is 1. The van der Waals surface area contributed by atoms with Gasteiger partial charge in [0.2, 0.25) is 0 Å². The summed E-state index contributed by atoms with van der Waals surface area (Å²) in [5.74, 6) is -0.247. The van der Waals surface area contributed by atoms with Gasteiger partial charge >= 0.3 is 0 Å². The van der Waals surface area contributed by atoms with Crippen molar-refractivity contribution in [1.82, 2.24) is 9.78 Å². The zero-order chi connectivity index (χ0) is 12.4. The Kier molecular flexibility index (Phi) is 3.04. The van der Waals surface area contributed by atoms with Crippen LogP contribution in [0.5, 0.6) is 0 Å². The van der Waals surface area contributed by atoms with Crippen LogP contribution in [0.25, 0.3) is 0 Å². The molecule has 0 saturated heterocycles. The van der Waals surface area contributed by atoms with Crippen molar-refractivity contribution >= 4 is 5.78 Å². The Morgan fingerprint density at radius 2 is 2.00 bits per heavy atom. The van der Waals surface area contributed by atoms with Crippen molar-refractivity contribution in [2.45, 2.75) is 20.4 Å². The van der Waals surface area contributed by atoms with Gasteiger partial charge < -0.3 is 0 Å². The summed E-state index contributed by atoms with van der Waals surface area (Å²) in [5, 5.41) is 4.16. The van der Waals surface area contributed by atoms with E-state index in [1.54, 1.807) is 23.0 Å². The molecule has 88 valence electrons. The summed E-state index contributed by atoms with van der Waals surface area (Å²) < 4.78 is 14.5. The number of benzene rings is 1. The van der Waals surface area contributed by atoms with Gasteiger partial charge in [-0.1, -0.05) is 12.1 Å². The van der Waals surface area contributed by atoms with Crippen molar-refractivity contribution in [3.63, 3.8) is 0 Å². The summed E-state index contributed by atoms with van der Waals surface area (Å²) >= 11 is 0. The molecule has 1 aromatic heterocycles. The Morgan fingerprint density at radius 1 is 1.35 bits per heavy atom. The third-order valence-electron chi connectivity index (χ3n) is 2.73. The maximum Gasteiger partial charge on any atom is 0.163 e. The summed E-state index contributed by atoms with van der Waals surface area (Å²) in [4.78, 5) is 11.3. The van der Waals surface area contributed by atoms with Gasteiger partial charge in [-0.25, -0.2) is 4.39 Å². The molecule has 0 N–H and O–H groups in total. The smallest absolute Gasteiger partial charge is 0.163 e. The van der Waals surface area contributed by atoms with Gasteiger partial charge in [0.05, 0.1) is 18.3 Å². The van der Waals surface area contributed by atoms with E-state index in [1.165, 1.54) is 19.1 Å². The van der Waals surface area contributed by atoms with E-state index in [2.05, 4.69) is 5.10 Å². The number of hydrogen-bond donors (Lipinski definition) is 0.